The highest BCUT2D eigenvalue weighted by Gasteiger charge is 2.10. The van der Waals surface area contributed by atoms with E-state index >= 15 is 0 Å². The summed E-state index contributed by atoms with van der Waals surface area (Å²) in [5, 5.41) is 3.23. The van der Waals surface area contributed by atoms with Gasteiger partial charge >= 0.3 is 0 Å². The number of pyridine rings is 1. The smallest absolute Gasteiger partial charge is 0.248 e. The van der Waals surface area contributed by atoms with Gasteiger partial charge in [0.15, 0.2) is 11.5 Å². The molecule has 0 aliphatic carbocycles. The van der Waals surface area contributed by atoms with E-state index < -0.39 is 0 Å². The van der Waals surface area contributed by atoms with Gasteiger partial charge in [0.05, 0.1) is 25.4 Å². The summed E-state index contributed by atoms with van der Waals surface area (Å²) >= 11 is 6.19. The molecule has 1 heterocycles. The Hall–Kier alpha value is -3.51. The van der Waals surface area contributed by atoms with Crippen LogP contribution in [-0.4, -0.2) is 25.1 Å². The predicted octanol–water partition coefficient (Wildman–Crippen LogP) is 5.50. The number of carbonyl (C=O) groups is 1. The van der Waals surface area contributed by atoms with Crippen molar-refractivity contribution >= 4 is 29.3 Å². The van der Waals surface area contributed by atoms with E-state index in [1.807, 2.05) is 19.1 Å². The Morgan fingerprint density at radius 2 is 1.93 bits per heavy atom. The molecule has 0 spiro atoms. The fourth-order valence-corrected chi connectivity index (χ4v) is 3.06. The van der Waals surface area contributed by atoms with Crippen molar-refractivity contribution in [3.05, 3.63) is 77.1 Å². The van der Waals surface area contributed by atoms with E-state index in [9.17, 15) is 4.79 Å². The van der Waals surface area contributed by atoms with E-state index in [0.717, 1.165) is 5.56 Å². The number of aromatic nitrogens is 1. The van der Waals surface area contributed by atoms with Gasteiger partial charge in [0, 0.05) is 18.0 Å². The van der Waals surface area contributed by atoms with Gasteiger partial charge in [-0.2, -0.15) is 0 Å². The number of methoxy groups -OCH3 is 2. The minimum atomic E-state index is -0.277. The molecule has 0 aliphatic rings. The molecule has 1 N–H and O–H groups in total. The monoisotopic (exact) mass is 424 g/mol. The molecule has 1 aromatic heterocycles. The first-order valence-corrected chi connectivity index (χ1v) is 9.47. The number of anilines is 1. The van der Waals surface area contributed by atoms with Gasteiger partial charge in [-0.05, 0) is 66.6 Å². The van der Waals surface area contributed by atoms with E-state index in [0.29, 0.717) is 39.3 Å². The number of amides is 1. The summed E-state index contributed by atoms with van der Waals surface area (Å²) in [5.41, 5.74) is 2.25. The van der Waals surface area contributed by atoms with Gasteiger partial charge in [0.2, 0.25) is 5.91 Å². The van der Waals surface area contributed by atoms with Crippen LogP contribution in [0.25, 0.3) is 6.08 Å². The van der Waals surface area contributed by atoms with Gasteiger partial charge in [0.25, 0.3) is 0 Å². The van der Waals surface area contributed by atoms with Gasteiger partial charge < -0.3 is 19.5 Å². The number of halogens is 1. The molecule has 0 radical (unpaired) electrons. The van der Waals surface area contributed by atoms with Crippen LogP contribution in [0.1, 0.15) is 11.1 Å². The highest BCUT2D eigenvalue weighted by molar-refractivity contribution is 6.32. The van der Waals surface area contributed by atoms with E-state index in [2.05, 4.69) is 10.3 Å². The van der Waals surface area contributed by atoms with Crippen molar-refractivity contribution < 1.29 is 19.0 Å². The maximum Gasteiger partial charge on any atom is 0.248 e. The van der Waals surface area contributed by atoms with Gasteiger partial charge in [-0.15, -0.1) is 0 Å². The molecule has 0 saturated heterocycles. The maximum absolute atomic E-state index is 12.3. The lowest BCUT2D eigenvalue weighted by molar-refractivity contribution is -0.111. The van der Waals surface area contributed by atoms with Crippen LogP contribution < -0.4 is 19.5 Å². The standard InChI is InChI=1S/C23H21ClN2O4/c1-15-11-17(7-8-20(15)30-18-5-4-10-25-14-18)26-22(27)9-6-16-12-19(24)23(29-3)21(13-16)28-2/h4-14H,1-3H3,(H,26,27). The average Bonchev–Trinajstić information content (AvgIpc) is 2.74. The summed E-state index contributed by atoms with van der Waals surface area (Å²) in [4.78, 5) is 16.3. The van der Waals surface area contributed by atoms with Crippen molar-refractivity contribution in [2.24, 2.45) is 0 Å². The Kier molecular flexibility index (Phi) is 6.93. The Morgan fingerprint density at radius 3 is 2.60 bits per heavy atom. The summed E-state index contributed by atoms with van der Waals surface area (Å²) in [6, 6.07) is 12.5. The van der Waals surface area contributed by atoms with Gasteiger partial charge in [-0.25, -0.2) is 0 Å². The van der Waals surface area contributed by atoms with Crippen LogP contribution >= 0.6 is 11.6 Å². The molecule has 0 fully saturated rings. The first-order valence-electron chi connectivity index (χ1n) is 9.09. The molecule has 2 aromatic carbocycles. The molecule has 7 heteroatoms. The number of aryl methyl sites for hydroxylation is 1. The Morgan fingerprint density at radius 1 is 1.10 bits per heavy atom. The van der Waals surface area contributed by atoms with Crippen LogP contribution in [0, 0.1) is 6.92 Å². The zero-order valence-electron chi connectivity index (χ0n) is 16.8. The van der Waals surface area contributed by atoms with E-state index in [1.54, 1.807) is 48.8 Å². The van der Waals surface area contributed by atoms with E-state index in [-0.39, 0.29) is 5.91 Å². The molecule has 30 heavy (non-hydrogen) atoms. The molecule has 0 aliphatic heterocycles. The van der Waals surface area contributed by atoms with Crippen LogP contribution in [0.2, 0.25) is 5.02 Å². The van der Waals surface area contributed by atoms with E-state index in [4.69, 9.17) is 25.8 Å². The molecule has 6 nitrogen and oxygen atoms in total. The summed E-state index contributed by atoms with van der Waals surface area (Å²) < 4.78 is 16.3. The van der Waals surface area contributed by atoms with Crippen molar-refractivity contribution in [3.63, 3.8) is 0 Å². The quantitative estimate of drug-likeness (QED) is 0.507. The van der Waals surface area contributed by atoms with Gasteiger partial charge in [0.1, 0.15) is 11.5 Å². The number of nitrogens with zero attached hydrogens (tertiary/aromatic N) is 1. The second-order valence-corrected chi connectivity index (χ2v) is 6.74. The zero-order chi connectivity index (χ0) is 21.5. The highest BCUT2D eigenvalue weighted by atomic mass is 35.5. The second kappa shape index (κ2) is 9.80. The summed E-state index contributed by atoms with van der Waals surface area (Å²) in [6.45, 7) is 1.91. The minimum Gasteiger partial charge on any atom is -0.493 e. The molecular formula is C23H21ClN2O4. The van der Waals surface area contributed by atoms with Gasteiger partial charge in [-0.1, -0.05) is 11.6 Å². The normalized spacial score (nSPS) is 10.7. The van der Waals surface area contributed by atoms with Crippen LogP contribution in [0.3, 0.4) is 0 Å². The number of hydrogen-bond acceptors (Lipinski definition) is 5. The first kappa shape index (κ1) is 21.2. The summed E-state index contributed by atoms with van der Waals surface area (Å²) in [7, 11) is 3.04. The molecule has 3 aromatic rings. The Bertz CT molecular complexity index is 1070. The lowest BCUT2D eigenvalue weighted by atomic mass is 10.1. The van der Waals surface area contributed by atoms with Crippen molar-refractivity contribution in [2.45, 2.75) is 6.92 Å². The van der Waals surface area contributed by atoms with Crippen LogP contribution in [0.4, 0.5) is 5.69 Å². The average molecular weight is 425 g/mol. The third-order valence-corrected chi connectivity index (χ3v) is 4.47. The highest BCUT2D eigenvalue weighted by Crippen LogP contribution is 2.36. The predicted molar refractivity (Wildman–Crippen MR) is 118 cm³/mol. The fraction of sp³-hybridized carbons (Fsp3) is 0.130. The Balaban J connectivity index is 1.67. The third-order valence-electron chi connectivity index (χ3n) is 4.19. The number of nitrogens with one attached hydrogen (secondary N) is 1. The number of carbonyl (C=O) groups excluding carboxylic acids is 1. The molecule has 1 amide bonds. The molecule has 0 unspecified atom stereocenters. The van der Waals surface area contributed by atoms with Gasteiger partial charge in [-0.3, -0.25) is 9.78 Å². The summed E-state index contributed by atoms with van der Waals surface area (Å²) in [6.07, 6.45) is 6.39. The SMILES string of the molecule is COc1cc(C=CC(=O)Nc2ccc(Oc3cccnc3)c(C)c2)cc(Cl)c1OC. The number of rotatable bonds is 7. The number of hydrogen-bond donors (Lipinski definition) is 1. The summed E-state index contributed by atoms with van der Waals surface area (Å²) in [5.74, 6) is 2.00. The number of ether oxygens (including phenoxy) is 3. The van der Waals surface area contributed by atoms with Crippen molar-refractivity contribution in [2.75, 3.05) is 19.5 Å². The third kappa shape index (κ3) is 5.30. The molecule has 154 valence electrons. The lowest BCUT2D eigenvalue weighted by Crippen LogP contribution is -2.08. The lowest BCUT2D eigenvalue weighted by Gasteiger charge is -2.11. The molecule has 0 bridgehead atoms. The topological polar surface area (TPSA) is 69.7 Å². The van der Waals surface area contributed by atoms with E-state index in [1.165, 1.54) is 20.3 Å². The fourth-order valence-electron chi connectivity index (χ4n) is 2.77. The molecule has 0 atom stereocenters. The second-order valence-electron chi connectivity index (χ2n) is 6.33. The zero-order valence-corrected chi connectivity index (χ0v) is 17.6. The molecule has 3 rings (SSSR count). The van der Waals surface area contributed by atoms with Crippen molar-refractivity contribution in [3.8, 4) is 23.0 Å². The minimum absolute atomic E-state index is 0.277. The molecule has 0 saturated carbocycles. The Labute approximate surface area is 180 Å². The van der Waals surface area contributed by atoms with Crippen LogP contribution in [-0.2, 0) is 4.79 Å². The van der Waals surface area contributed by atoms with Crippen LogP contribution in [0.15, 0.2) is 60.9 Å². The first-order chi connectivity index (χ1) is 14.5. The largest absolute Gasteiger partial charge is 0.493 e. The van der Waals surface area contributed by atoms with Crippen molar-refractivity contribution in [1.29, 1.82) is 0 Å². The maximum atomic E-state index is 12.3. The molecular weight excluding hydrogens is 404 g/mol. The number of benzene rings is 2. The van der Waals surface area contributed by atoms with Crippen molar-refractivity contribution in [1.82, 2.24) is 4.98 Å². The van der Waals surface area contributed by atoms with Crippen LogP contribution in [0.5, 0.6) is 23.0 Å².